The molecular formula is C33H47F3O7S. The summed E-state index contributed by atoms with van der Waals surface area (Å²) >= 11 is 0. The van der Waals surface area contributed by atoms with Gasteiger partial charge < -0.3 is 18.9 Å². The van der Waals surface area contributed by atoms with Gasteiger partial charge in [-0.25, -0.2) is 0 Å². The van der Waals surface area contributed by atoms with Gasteiger partial charge in [-0.1, -0.05) is 132 Å². The van der Waals surface area contributed by atoms with Crippen LogP contribution < -0.4 is 0 Å². The van der Waals surface area contributed by atoms with Crippen LogP contribution in [0.2, 0.25) is 0 Å². The summed E-state index contributed by atoms with van der Waals surface area (Å²) in [5, 5.41) is 0. The fraction of sp³-hybridized carbons (Fsp3) is 0.636. The van der Waals surface area contributed by atoms with E-state index in [0.29, 0.717) is 6.42 Å². The third kappa shape index (κ3) is 11.7. The van der Waals surface area contributed by atoms with Gasteiger partial charge in [0.2, 0.25) is 0 Å². The van der Waals surface area contributed by atoms with Crippen LogP contribution in [0.25, 0.3) is 0 Å². The van der Waals surface area contributed by atoms with Crippen molar-refractivity contribution in [1.29, 1.82) is 0 Å². The molecule has 0 bridgehead atoms. The third-order valence-electron chi connectivity index (χ3n) is 7.76. The lowest BCUT2D eigenvalue weighted by Crippen LogP contribution is -2.45. The summed E-state index contributed by atoms with van der Waals surface area (Å²) in [5.41, 5.74) is -3.95. The maximum Gasteiger partial charge on any atom is 0.523 e. The van der Waals surface area contributed by atoms with Gasteiger partial charge in [-0.05, 0) is 17.5 Å². The average Bonchev–Trinajstić information content (AvgIpc) is 3.35. The molecule has 0 aliphatic carbocycles. The van der Waals surface area contributed by atoms with Crippen LogP contribution >= 0.6 is 0 Å². The SMILES string of the molecule is CCCCCCCCCCCC[C@H](OCc1ccccc1)C1O[C@H](OC)C(OS(=O)(=O)C(F)(F)F)C1OCc1ccccc1. The highest BCUT2D eigenvalue weighted by atomic mass is 32.2. The van der Waals surface area contributed by atoms with Gasteiger partial charge in [0.15, 0.2) is 12.4 Å². The number of hydrogen-bond donors (Lipinski definition) is 0. The lowest BCUT2D eigenvalue weighted by molar-refractivity contribution is -0.172. The largest absolute Gasteiger partial charge is 0.523 e. The summed E-state index contributed by atoms with van der Waals surface area (Å²) in [5.74, 6) is 0. The molecule has 3 unspecified atom stereocenters. The van der Waals surface area contributed by atoms with Crippen molar-refractivity contribution in [2.45, 2.75) is 127 Å². The standard InChI is InChI=1S/C33H47F3O7S/c1-3-4-5-6-7-8-9-10-11-18-23-28(40-24-26-19-14-12-15-20-26)29-30(41-25-27-21-16-13-17-22-27)31(32(39-2)42-29)43-44(37,38)33(34,35)36/h12-17,19-22,28-32H,3-11,18,23-25H2,1-2H3/t28-,29?,30?,31?,32-/m0/s1. The van der Waals surface area contributed by atoms with E-state index in [4.69, 9.17) is 23.1 Å². The summed E-state index contributed by atoms with van der Waals surface area (Å²) < 4.78 is 92.8. The number of unbranched alkanes of at least 4 members (excludes halogenated alkanes) is 9. The van der Waals surface area contributed by atoms with E-state index in [0.717, 1.165) is 36.8 Å². The van der Waals surface area contributed by atoms with E-state index in [-0.39, 0.29) is 13.2 Å². The van der Waals surface area contributed by atoms with Gasteiger partial charge in [0.25, 0.3) is 0 Å². The highest BCUT2D eigenvalue weighted by Crippen LogP contribution is 2.36. The molecular weight excluding hydrogens is 597 g/mol. The summed E-state index contributed by atoms with van der Waals surface area (Å²) in [6, 6.07) is 18.5. The Morgan fingerprint density at radius 3 is 1.82 bits per heavy atom. The second-order valence-corrected chi connectivity index (χ2v) is 12.8. The molecule has 0 amide bonds. The zero-order valence-corrected chi connectivity index (χ0v) is 26.6. The van der Waals surface area contributed by atoms with E-state index in [1.165, 1.54) is 45.6 Å². The first-order chi connectivity index (χ1) is 21.2. The van der Waals surface area contributed by atoms with Crippen LogP contribution in [-0.4, -0.2) is 51.7 Å². The quantitative estimate of drug-likeness (QED) is 0.0772. The van der Waals surface area contributed by atoms with Gasteiger partial charge in [-0.3, -0.25) is 4.18 Å². The molecule has 0 saturated carbocycles. The van der Waals surface area contributed by atoms with Crippen molar-refractivity contribution in [2.24, 2.45) is 0 Å². The van der Waals surface area contributed by atoms with Crippen LogP contribution in [0, 0.1) is 0 Å². The number of methoxy groups -OCH3 is 1. The first-order valence-corrected chi connectivity index (χ1v) is 17.1. The summed E-state index contributed by atoms with van der Waals surface area (Å²) in [6.07, 6.45) is 6.07. The molecule has 1 fully saturated rings. The van der Waals surface area contributed by atoms with Gasteiger partial charge in [0.05, 0.1) is 19.3 Å². The molecule has 5 atom stereocenters. The van der Waals surface area contributed by atoms with Crippen LogP contribution in [0.1, 0.15) is 88.7 Å². The zero-order valence-electron chi connectivity index (χ0n) is 25.8. The van der Waals surface area contributed by atoms with Crippen molar-refractivity contribution < 1.29 is 44.7 Å². The molecule has 1 saturated heterocycles. The molecule has 11 heteroatoms. The molecule has 44 heavy (non-hydrogen) atoms. The fourth-order valence-electron chi connectivity index (χ4n) is 5.35. The van der Waals surface area contributed by atoms with Crippen molar-refractivity contribution >= 4 is 10.1 Å². The van der Waals surface area contributed by atoms with E-state index in [1.54, 1.807) is 24.3 Å². The molecule has 248 valence electrons. The molecule has 0 aromatic heterocycles. The number of hydrogen-bond acceptors (Lipinski definition) is 7. The molecule has 2 aromatic rings. The Labute approximate surface area is 260 Å². The molecule has 0 spiro atoms. The molecule has 1 heterocycles. The minimum Gasteiger partial charge on any atom is -0.371 e. The second kappa shape index (κ2) is 18.8. The van der Waals surface area contributed by atoms with Gasteiger partial charge in [0.1, 0.15) is 12.2 Å². The van der Waals surface area contributed by atoms with E-state index >= 15 is 0 Å². The highest BCUT2D eigenvalue weighted by Gasteiger charge is 2.56. The van der Waals surface area contributed by atoms with Crippen molar-refractivity contribution in [3.8, 4) is 0 Å². The summed E-state index contributed by atoms with van der Waals surface area (Å²) in [7, 11) is -4.74. The zero-order chi connectivity index (χ0) is 31.8. The van der Waals surface area contributed by atoms with E-state index < -0.39 is 46.3 Å². The Bertz CT molecular complexity index is 1150. The van der Waals surface area contributed by atoms with Gasteiger partial charge >= 0.3 is 15.6 Å². The Morgan fingerprint density at radius 2 is 1.30 bits per heavy atom. The molecule has 0 radical (unpaired) electrons. The smallest absolute Gasteiger partial charge is 0.371 e. The fourth-order valence-corrected chi connectivity index (χ4v) is 5.95. The normalized spacial score (nSPS) is 21.5. The molecule has 7 nitrogen and oxygen atoms in total. The molecule has 2 aromatic carbocycles. The molecule has 3 rings (SSSR count). The Morgan fingerprint density at radius 1 is 0.773 bits per heavy atom. The van der Waals surface area contributed by atoms with Crippen molar-refractivity contribution in [3.63, 3.8) is 0 Å². The van der Waals surface area contributed by atoms with Gasteiger partial charge in [-0.15, -0.1) is 0 Å². The lowest BCUT2D eigenvalue weighted by atomic mass is 9.99. The van der Waals surface area contributed by atoms with Gasteiger partial charge in [0, 0.05) is 7.11 Å². The monoisotopic (exact) mass is 644 g/mol. The highest BCUT2D eigenvalue weighted by molar-refractivity contribution is 7.87. The number of alkyl halides is 3. The number of halogens is 3. The predicted octanol–water partition coefficient (Wildman–Crippen LogP) is 8.07. The summed E-state index contributed by atoms with van der Waals surface area (Å²) in [6.45, 7) is 2.44. The topological polar surface area (TPSA) is 80.3 Å². The van der Waals surface area contributed by atoms with Crippen LogP contribution in [0.5, 0.6) is 0 Å². The minimum atomic E-state index is -5.96. The van der Waals surface area contributed by atoms with E-state index in [2.05, 4.69) is 6.92 Å². The maximum atomic E-state index is 13.4. The number of benzene rings is 2. The minimum absolute atomic E-state index is 0.00259. The first kappa shape index (κ1) is 36.4. The van der Waals surface area contributed by atoms with Crippen LogP contribution in [0.15, 0.2) is 60.7 Å². The van der Waals surface area contributed by atoms with E-state index in [1.807, 2.05) is 36.4 Å². The van der Waals surface area contributed by atoms with Crippen molar-refractivity contribution in [2.75, 3.05) is 7.11 Å². The summed E-state index contributed by atoms with van der Waals surface area (Å²) in [4.78, 5) is 0. The average molecular weight is 645 g/mol. The van der Waals surface area contributed by atoms with Gasteiger partial charge in [-0.2, -0.15) is 21.6 Å². The van der Waals surface area contributed by atoms with Crippen LogP contribution in [0.4, 0.5) is 13.2 Å². The van der Waals surface area contributed by atoms with Crippen LogP contribution in [-0.2, 0) is 46.5 Å². The Kier molecular flexibility index (Phi) is 15.6. The lowest BCUT2D eigenvalue weighted by Gasteiger charge is -2.29. The number of rotatable bonds is 21. The molecule has 1 aliphatic heterocycles. The number of ether oxygens (including phenoxy) is 4. The predicted molar refractivity (Wildman–Crippen MR) is 162 cm³/mol. The van der Waals surface area contributed by atoms with E-state index in [9.17, 15) is 21.6 Å². The first-order valence-electron chi connectivity index (χ1n) is 15.6. The Balaban J connectivity index is 1.75. The maximum absolute atomic E-state index is 13.4. The second-order valence-electron chi connectivity index (χ2n) is 11.2. The van der Waals surface area contributed by atoms with Crippen molar-refractivity contribution in [3.05, 3.63) is 71.8 Å². The Hall–Kier alpha value is -2.02. The van der Waals surface area contributed by atoms with Crippen molar-refractivity contribution in [1.82, 2.24) is 0 Å². The molecule has 1 aliphatic rings. The van der Waals surface area contributed by atoms with Crippen LogP contribution in [0.3, 0.4) is 0 Å². The molecule has 0 N–H and O–H groups in total. The third-order valence-corrected chi connectivity index (χ3v) is 8.80.